The van der Waals surface area contributed by atoms with Crippen molar-refractivity contribution in [3.63, 3.8) is 0 Å². The van der Waals surface area contributed by atoms with Crippen molar-refractivity contribution in [3.8, 4) is 17.5 Å². The van der Waals surface area contributed by atoms with Crippen molar-refractivity contribution in [2.45, 2.75) is 69.7 Å². The normalized spacial score (nSPS) is 18.3. The summed E-state index contributed by atoms with van der Waals surface area (Å²) in [7, 11) is -3.16. The SMILES string of the molecule is CCc1nc(C(=O)NCC2CCC(S(C)(=O)=O)CC2)c(C#N)n1-c1ccc(CCC(F)(F)F)cc1OC(F)(F)F. The average Bonchev–Trinajstić information content (AvgIpc) is 3.23. The second kappa shape index (κ2) is 12.1. The Hall–Kier alpha value is -3.28. The van der Waals surface area contributed by atoms with Crippen molar-refractivity contribution in [3.05, 3.63) is 41.0 Å². The highest BCUT2D eigenvalue weighted by Gasteiger charge is 2.34. The molecule has 1 N–H and O–H groups in total. The number of nitrogens with zero attached hydrogens (tertiary/aromatic N) is 3. The fraction of sp³-hybridized carbons (Fsp3) is 0.560. The number of aromatic nitrogens is 2. The lowest BCUT2D eigenvalue weighted by Gasteiger charge is -2.27. The number of alkyl halides is 6. The summed E-state index contributed by atoms with van der Waals surface area (Å²) in [4.78, 5) is 17.2. The van der Waals surface area contributed by atoms with E-state index in [2.05, 4.69) is 15.0 Å². The molecule has 1 amide bonds. The summed E-state index contributed by atoms with van der Waals surface area (Å²) in [5, 5.41) is 12.1. The largest absolute Gasteiger partial charge is 0.573 e. The fourth-order valence-electron chi connectivity index (χ4n) is 4.70. The van der Waals surface area contributed by atoms with Gasteiger partial charge in [0.15, 0.2) is 17.1 Å². The Balaban J connectivity index is 1.90. The quantitative estimate of drug-likeness (QED) is 0.408. The molecule has 15 heteroatoms. The number of sulfone groups is 1. The van der Waals surface area contributed by atoms with Crippen LogP contribution in [0, 0.1) is 17.2 Å². The molecule has 0 aliphatic heterocycles. The van der Waals surface area contributed by atoms with Gasteiger partial charge in [0, 0.05) is 25.6 Å². The zero-order valence-corrected chi connectivity index (χ0v) is 22.5. The maximum Gasteiger partial charge on any atom is 0.573 e. The second-order valence-electron chi connectivity index (χ2n) is 9.67. The van der Waals surface area contributed by atoms with Gasteiger partial charge >= 0.3 is 12.5 Å². The highest BCUT2D eigenvalue weighted by atomic mass is 32.2. The molecule has 1 fully saturated rings. The minimum Gasteiger partial charge on any atom is -0.404 e. The smallest absolute Gasteiger partial charge is 0.404 e. The first-order valence-corrected chi connectivity index (χ1v) is 14.4. The first kappa shape index (κ1) is 31.3. The Labute approximate surface area is 227 Å². The predicted molar refractivity (Wildman–Crippen MR) is 132 cm³/mol. The van der Waals surface area contributed by atoms with Gasteiger partial charge in [-0.25, -0.2) is 13.4 Å². The molecule has 1 aromatic heterocycles. The van der Waals surface area contributed by atoms with Gasteiger partial charge < -0.3 is 10.1 Å². The summed E-state index contributed by atoms with van der Waals surface area (Å²) >= 11 is 0. The number of nitriles is 1. The lowest BCUT2D eigenvalue weighted by molar-refractivity contribution is -0.274. The number of hydrogen-bond donors (Lipinski definition) is 1. The third kappa shape index (κ3) is 8.12. The average molecular weight is 595 g/mol. The number of amides is 1. The second-order valence-corrected chi connectivity index (χ2v) is 12.0. The molecule has 0 unspecified atom stereocenters. The van der Waals surface area contributed by atoms with Crippen LogP contribution < -0.4 is 10.1 Å². The van der Waals surface area contributed by atoms with Crippen molar-refractivity contribution in [1.29, 1.82) is 5.26 Å². The lowest BCUT2D eigenvalue weighted by atomic mass is 9.89. The minimum absolute atomic E-state index is 0.00347. The maximum atomic E-state index is 13.2. The van der Waals surface area contributed by atoms with Crippen LogP contribution in [0.2, 0.25) is 0 Å². The molecular weight excluding hydrogens is 566 g/mol. The van der Waals surface area contributed by atoms with Gasteiger partial charge in [0.2, 0.25) is 0 Å². The predicted octanol–water partition coefficient (Wildman–Crippen LogP) is 5.03. The number of carbonyl (C=O) groups excluding carboxylic acids is 1. The molecular formula is C25H28F6N4O4S. The van der Waals surface area contributed by atoms with Crippen LogP contribution in [0.5, 0.6) is 5.75 Å². The molecule has 2 aromatic rings. The standard InChI is InChI=1S/C25H28F6N4O4S/c1-3-21-34-22(23(36)33-14-16-4-7-17(8-5-16)40(2,37)38)19(13-32)35(21)18-9-6-15(10-11-24(26,27)28)12-20(18)39-25(29,30)31/h6,9,12,16-17H,3-5,7-8,10-11,14H2,1-2H3,(H,33,36). The van der Waals surface area contributed by atoms with Crippen LogP contribution >= 0.6 is 0 Å². The Morgan fingerprint density at radius 2 is 1.82 bits per heavy atom. The number of carbonyl (C=O) groups is 1. The van der Waals surface area contributed by atoms with E-state index in [1.54, 1.807) is 13.0 Å². The van der Waals surface area contributed by atoms with Crippen LogP contribution in [0.15, 0.2) is 18.2 Å². The highest BCUT2D eigenvalue weighted by molar-refractivity contribution is 7.91. The molecule has 1 heterocycles. The fourth-order valence-corrected chi connectivity index (χ4v) is 5.83. The molecule has 0 radical (unpaired) electrons. The van der Waals surface area contributed by atoms with E-state index >= 15 is 0 Å². The highest BCUT2D eigenvalue weighted by Crippen LogP contribution is 2.34. The Morgan fingerprint density at radius 1 is 1.18 bits per heavy atom. The van der Waals surface area contributed by atoms with Crippen LogP contribution in [-0.4, -0.2) is 54.5 Å². The van der Waals surface area contributed by atoms with Crippen LogP contribution in [0.1, 0.15) is 66.6 Å². The van der Waals surface area contributed by atoms with Crippen LogP contribution in [-0.2, 0) is 22.7 Å². The Bertz CT molecular complexity index is 1370. The summed E-state index contributed by atoms with van der Waals surface area (Å²) in [6.45, 7) is 1.79. The van der Waals surface area contributed by atoms with Gasteiger partial charge in [0.1, 0.15) is 21.7 Å². The van der Waals surface area contributed by atoms with Crippen molar-refractivity contribution < 1.29 is 44.3 Å². The Kier molecular flexibility index (Phi) is 9.43. The molecule has 1 saturated carbocycles. The number of aryl methyl sites for hydroxylation is 2. The summed E-state index contributed by atoms with van der Waals surface area (Å²) in [5.74, 6) is -1.53. The molecule has 1 aliphatic rings. The number of hydrogen-bond acceptors (Lipinski definition) is 6. The van der Waals surface area contributed by atoms with Gasteiger partial charge in [-0.15, -0.1) is 13.2 Å². The lowest BCUT2D eigenvalue weighted by Crippen LogP contribution is -2.34. The zero-order valence-electron chi connectivity index (χ0n) is 21.7. The summed E-state index contributed by atoms with van der Waals surface area (Å²) < 4.78 is 106. The van der Waals surface area contributed by atoms with Crippen molar-refractivity contribution >= 4 is 15.7 Å². The summed E-state index contributed by atoms with van der Waals surface area (Å²) in [6.07, 6.45) is -8.23. The monoisotopic (exact) mass is 594 g/mol. The number of benzene rings is 1. The van der Waals surface area contributed by atoms with Gasteiger partial charge in [-0.1, -0.05) is 13.0 Å². The van der Waals surface area contributed by atoms with E-state index in [0.29, 0.717) is 25.7 Å². The van der Waals surface area contributed by atoms with E-state index in [1.807, 2.05) is 0 Å². The molecule has 8 nitrogen and oxygen atoms in total. The topological polar surface area (TPSA) is 114 Å². The Morgan fingerprint density at radius 3 is 2.35 bits per heavy atom. The summed E-state index contributed by atoms with van der Waals surface area (Å²) in [6, 6.07) is 4.90. The van der Waals surface area contributed by atoms with Crippen molar-refractivity contribution in [2.24, 2.45) is 5.92 Å². The maximum absolute atomic E-state index is 13.2. The minimum atomic E-state index is -5.19. The van der Waals surface area contributed by atoms with Crippen LogP contribution in [0.4, 0.5) is 26.3 Å². The van der Waals surface area contributed by atoms with Crippen molar-refractivity contribution in [1.82, 2.24) is 14.9 Å². The van der Waals surface area contributed by atoms with Gasteiger partial charge in [0.05, 0.1) is 10.9 Å². The number of ether oxygens (including phenoxy) is 1. The number of nitrogens with one attached hydrogen (secondary N) is 1. The number of halogens is 6. The molecule has 3 rings (SSSR count). The zero-order chi connectivity index (χ0) is 29.9. The molecule has 0 atom stereocenters. The molecule has 1 aromatic carbocycles. The van der Waals surface area contributed by atoms with Gasteiger partial charge in [-0.2, -0.15) is 18.4 Å². The van der Waals surface area contributed by atoms with E-state index in [-0.39, 0.29) is 47.3 Å². The summed E-state index contributed by atoms with van der Waals surface area (Å²) in [5.41, 5.74) is -1.08. The van der Waals surface area contributed by atoms with Crippen LogP contribution in [0.3, 0.4) is 0 Å². The number of rotatable bonds is 9. The van der Waals surface area contributed by atoms with E-state index < -0.39 is 52.1 Å². The van der Waals surface area contributed by atoms with Crippen molar-refractivity contribution in [2.75, 3.05) is 12.8 Å². The first-order chi connectivity index (χ1) is 18.5. The van der Waals surface area contributed by atoms with E-state index in [1.165, 1.54) is 12.3 Å². The van der Waals surface area contributed by atoms with Gasteiger partial charge in [-0.3, -0.25) is 9.36 Å². The molecule has 220 valence electrons. The third-order valence-corrected chi connectivity index (χ3v) is 8.41. The third-order valence-electron chi connectivity index (χ3n) is 6.72. The van der Waals surface area contributed by atoms with Gasteiger partial charge in [0.25, 0.3) is 5.91 Å². The molecule has 40 heavy (non-hydrogen) atoms. The van der Waals surface area contributed by atoms with Gasteiger partial charge in [-0.05, 0) is 55.7 Å². The molecule has 0 saturated heterocycles. The van der Waals surface area contributed by atoms with E-state index in [4.69, 9.17) is 0 Å². The first-order valence-electron chi connectivity index (χ1n) is 12.5. The van der Waals surface area contributed by atoms with E-state index in [9.17, 15) is 44.8 Å². The molecule has 0 bridgehead atoms. The molecule has 1 aliphatic carbocycles. The van der Waals surface area contributed by atoms with Crippen LogP contribution in [0.25, 0.3) is 5.69 Å². The molecule has 0 spiro atoms. The number of imidazole rings is 1. The van der Waals surface area contributed by atoms with E-state index in [0.717, 1.165) is 16.7 Å².